The molecular formula is C13H18Cl2N2O. The molecule has 1 aromatic carbocycles. The second-order valence-electron chi connectivity index (χ2n) is 4.76. The zero-order valence-corrected chi connectivity index (χ0v) is 12.3. The molecule has 0 saturated heterocycles. The number of nitrogen functional groups attached to an aromatic ring is 1. The van der Waals surface area contributed by atoms with Crippen molar-refractivity contribution in [2.24, 2.45) is 5.92 Å². The van der Waals surface area contributed by atoms with E-state index in [4.69, 9.17) is 28.9 Å². The Hall–Kier alpha value is -0.930. The van der Waals surface area contributed by atoms with Gasteiger partial charge in [0.1, 0.15) is 0 Å². The summed E-state index contributed by atoms with van der Waals surface area (Å²) in [7, 11) is 1.77. The smallest absolute Gasteiger partial charge is 0.253 e. The lowest BCUT2D eigenvalue weighted by molar-refractivity contribution is 0.0789. The molecule has 18 heavy (non-hydrogen) atoms. The van der Waals surface area contributed by atoms with Crippen molar-refractivity contribution in [3.8, 4) is 0 Å². The molecule has 0 aliphatic carbocycles. The van der Waals surface area contributed by atoms with E-state index in [0.717, 1.165) is 6.42 Å². The first-order valence-corrected chi connectivity index (χ1v) is 6.58. The van der Waals surface area contributed by atoms with Crippen LogP contribution in [0.25, 0.3) is 0 Å². The molecule has 1 aromatic rings. The van der Waals surface area contributed by atoms with Crippen LogP contribution in [0.1, 0.15) is 30.6 Å². The first kappa shape index (κ1) is 15.1. The molecule has 0 heterocycles. The van der Waals surface area contributed by atoms with Crippen molar-refractivity contribution in [2.75, 3.05) is 19.3 Å². The minimum atomic E-state index is -0.0977. The molecule has 0 atom stereocenters. The zero-order chi connectivity index (χ0) is 13.9. The standard InChI is InChI=1S/C13H18Cl2N2O/c1-8(2)4-5-17(3)13(18)9-6-10(14)12(16)11(15)7-9/h6-8H,4-5,16H2,1-3H3. The molecule has 0 aliphatic heterocycles. The highest BCUT2D eigenvalue weighted by Gasteiger charge is 2.15. The van der Waals surface area contributed by atoms with Gasteiger partial charge >= 0.3 is 0 Å². The van der Waals surface area contributed by atoms with Crippen LogP contribution in [0.2, 0.25) is 10.0 Å². The summed E-state index contributed by atoms with van der Waals surface area (Å²) in [5, 5.41) is 0.617. The lowest BCUT2D eigenvalue weighted by atomic mass is 10.1. The molecule has 0 unspecified atom stereocenters. The van der Waals surface area contributed by atoms with Gasteiger partial charge in [0.15, 0.2) is 0 Å². The van der Waals surface area contributed by atoms with Crippen LogP contribution >= 0.6 is 23.2 Å². The lowest BCUT2D eigenvalue weighted by Gasteiger charge is -2.19. The monoisotopic (exact) mass is 288 g/mol. The fraction of sp³-hybridized carbons (Fsp3) is 0.462. The van der Waals surface area contributed by atoms with Crippen molar-refractivity contribution in [1.82, 2.24) is 4.90 Å². The topological polar surface area (TPSA) is 46.3 Å². The Kier molecular flexibility index (Phi) is 5.29. The summed E-state index contributed by atoms with van der Waals surface area (Å²) in [6.07, 6.45) is 0.957. The average Bonchev–Trinajstić information content (AvgIpc) is 2.31. The summed E-state index contributed by atoms with van der Waals surface area (Å²) >= 11 is 11.8. The maximum Gasteiger partial charge on any atom is 0.253 e. The van der Waals surface area contributed by atoms with E-state index in [-0.39, 0.29) is 5.91 Å². The number of benzene rings is 1. The van der Waals surface area contributed by atoms with Crippen molar-refractivity contribution in [3.05, 3.63) is 27.7 Å². The van der Waals surface area contributed by atoms with E-state index >= 15 is 0 Å². The quantitative estimate of drug-likeness (QED) is 0.859. The number of nitrogens with two attached hydrogens (primary N) is 1. The molecule has 0 bridgehead atoms. The number of carbonyl (C=O) groups is 1. The number of rotatable bonds is 4. The van der Waals surface area contributed by atoms with Gasteiger partial charge in [-0.2, -0.15) is 0 Å². The Morgan fingerprint density at radius 2 is 1.83 bits per heavy atom. The first-order chi connectivity index (χ1) is 8.32. The molecule has 0 fully saturated rings. The SMILES string of the molecule is CC(C)CCN(C)C(=O)c1cc(Cl)c(N)c(Cl)c1. The predicted octanol–water partition coefficient (Wildman–Crippen LogP) is 3.69. The summed E-state index contributed by atoms with van der Waals surface area (Å²) in [5.41, 5.74) is 6.41. The largest absolute Gasteiger partial charge is 0.396 e. The molecule has 0 aliphatic rings. The molecule has 0 spiro atoms. The van der Waals surface area contributed by atoms with Crippen molar-refractivity contribution in [1.29, 1.82) is 0 Å². The third-order valence-corrected chi connectivity index (χ3v) is 3.34. The number of carbonyl (C=O) groups excluding carboxylic acids is 1. The number of nitrogens with zero attached hydrogens (tertiary/aromatic N) is 1. The van der Waals surface area contributed by atoms with E-state index in [0.29, 0.717) is 33.8 Å². The summed E-state index contributed by atoms with van der Waals surface area (Å²) in [6.45, 7) is 4.95. The third kappa shape index (κ3) is 3.79. The Labute approximate surface area is 118 Å². The van der Waals surface area contributed by atoms with Crippen LogP contribution in [0.5, 0.6) is 0 Å². The highest BCUT2D eigenvalue weighted by atomic mass is 35.5. The summed E-state index contributed by atoms with van der Waals surface area (Å²) < 4.78 is 0. The number of amides is 1. The molecule has 2 N–H and O–H groups in total. The van der Waals surface area contributed by atoms with Crippen LogP contribution < -0.4 is 5.73 Å². The number of halogens is 2. The average molecular weight is 289 g/mol. The molecule has 100 valence electrons. The highest BCUT2D eigenvalue weighted by molar-refractivity contribution is 6.39. The van der Waals surface area contributed by atoms with Crippen LogP contribution in [-0.4, -0.2) is 24.4 Å². The van der Waals surface area contributed by atoms with Crippen molar-refractivity contribution >= 4 is 34.8 Å². The molecule has 0 saturated carbocycles. The molecule has 5 heteroatoms. The van der Waals surface area contributed by atoms with Gasteiger partial charge in [0.05, 0.1) is 15.7 Å². The molecule has 3 nitrogen and oxygen atoms in total. The van der Waals surface area contributed by atoms with Crippen LogP contribution in [0.4, 0.5) is 5.69 Å². The van der Waals surface area contributed by atoms with Crippen LogP contribution in [0.3, 0.4) is 0 Å². The van der Waals surface area contributed by atoms with Gasteiger partial charge in [-0.15, -0.1) is 0 Å². The van der Waals surface area contributed by atoms with E-state index in [1.807, 2.05) is 0 Å². The van der Waals surface area contributed by atoms with Gasteiger partial charge in [-0.3, -0.25) is 4.79 Å². The zero-order valence-electron chi connectivity index (χ0n) is 10.8. The van der Waals surface area contributed by atoms with Crippen molar-refractivity contribution in [2.45, 2.75) is 20.3 Å². The first-order valence-electron chi connectivity index (χ1n) is 5.83. The fourth-order valence-electron chi connectivity index (χ4n) is 1.48. The normalized spacial score (nSPS) is 10.8. The molecule has 1 amide bonds. The summed E-state index contributed by atoms with van der Waals surface area (Å²) in [4.78, 5) is 13.8. The van der Waals surface area contributed by atoms with Gasteiger partial charge in [-0.05, 0) is 24.5 Å². The van der Waals surface area contributed by atoms with Gasteiger partial charge in [-0.1, -0.05) is 37.0 Å². The second kappa shape index (κ2) is 6.30. The third-order valence-electron chi connectivity index (χ3n) is 2.71. The number of hydrogen-bond donors (Lipinski definition) is 1. The molecule has 0 radical (unpaired) electrons. The van der Waals surface area contributed by atoms with Crippen molar-refractivity contribution in [3.63, 3.8) is 0 Å². The maximum atomic E-state index is 12.1. The minimum Gasteiger partial charge on any atom is -0.396 e. The van der Waals surface area contributed by atoms with E-state index < -0.39 is 0 Å². The Bertz CT molecular complexity index is 424. The Morgan fingerprint density at radius 1 is 1.33 bits per heavy atom. The minimum absolute atomic E-state index is 0.0977. The Morgan fingerprint density at radius 3 is 2.28 bits per heavy atom. The molecule has 1 rings (SSSR count). The van der Waals surface area contributed by atoms with Gasteiger partial charge in [0, 0.05) is 19.2 Å². The maximum absolute atomic E-state index is 12.1. The van der Waals surface area contributed by atoms with E-state index in [1.165, 1.54) is 0 Å². The summed E-state index contributed by atoms with van der Waals surface area (Å²) in [5.74, 6) is 0.457. The van der Waals surface area contributed by atoms with E-state index in [1.54, 1.807) is 24.1 Å². The predicted molar refractivity (Wildman–Crippen MR) is 77.3 cm³/mol. The van der Waals surface area contributed by atoms with Gasteiger partial charge in [-0.25, -0.2) is 0 Å². The van der Waals surface area contributed by atoms with Crippen LogP contribution in [0, 0.1) is 5.92 Å². The van der Waals surface area contributed by atoms with Crippen LogP contribution in [-0.2, 0) is 0 Å². The van der Waals surface area contributed by atoms with E-state index in [9.17, 15) is 4.79 Å². The highest BCUT2D eigenvalue weighted by Crippen LogP contribution is 2.29. The number of hydrogen-bond acceptors (Lipinski definition) is 2. The van der Waals surface area contributed by atoms with Crippen LogP contribution in [0.15, 0.2) is 12.1 Å². The second-order valence-corrected chi connectivity index (χ2v) is 5.58. The Balaban J connectivity index is 2.84. The van der Waals surface area contributed by atoms with E-state index in [2.05, 4.69) is 13.8 Å². The fourth-order valence-corrected chi connectivity index (χ4v) is 1.97. The van der Waals surface area contributed by atoms with Crippen molar-refractivity contribution < 1.29 is 4.79 Å². The number of anilines is 1. The van der Waals surface area contributed by atoms with Gasteiger partial charge in [0.25, 0.3) is 5.91 Å². The molecule has 0 aromatic heterocycles. The summed E-state index contributed by atoms with van der Waals surface area (Å²) in [6, 6.07) is 3.11. The van der Waals surface area contributed by atoms with Gasteiger partial charge < -0.3 is 10.6 Å². The molecular weight excluding hydrogens is 271 g/mol. The van der Waals surface area contributed by atoms with Gasteiger partial charge in [0.2, 0.25) is 0 Å². The lowest BCUT2D eigenvalue weighted by Crippen LogP contribution is -2.28.